The number of phosphoric ester groups is 1. The summed E-state index contributed by atoms with van der Waals surface area (Å²) in [6.45, 7) is 23.8. The molecule has 15 atom stereocenters. The summed E-state index contributed by atoms with van der Waals surface area (Å²) in [6, 6.07) is 2.74. The summed E-state index contributed by atoms with van der Waals surface area (Å²) >= 11 is 0. The van der Waals surface area contributed by atoms with E-state index >= 15 is 0 Å². The molecule has 508 valence electrons. The number of aliphatic imine (C=N–C) groups is 3. The van der Waals surface area contributed by atoms with Crippen molar-refractivity contribution >= 4 is 77.3 Å². The number of benzene rings is 1. The number of carbonyl (C=O) groups excluding carboxylic acids is 4. The number of hydrogen-bond acceptors (Lipinski definition) is 21. The predicted octanol–water partition coefficient (Wildman–Crippen LogP) is 2.23. The fourth-order valence-corrected chi connectivity index (χ4v) is 16.6. The molecular formula is C63H88CoN14O14P. The molecule has 2 unspecified atom stereocenters. The van der Waals surface area contributed by atoms with E-state index in [0.29, 0.717) is 50.9 Å². The number of nitrogens with zero attached hydrogens (tertiary/aromatic N) is 5. The number of imidazole rings is 1. The number of carbonyl (C=O) groups is 4. The van der Waals surface area contributed by atoms with Crippen molar-refractivity contribution in [3.63, 3.8) is 0 Å². The van der Waals surface area contributed by atoms with Gasteiger partial charge in [-0.05, 0) is 145 Å². The summed E-state index contributed by atoms with van der Waals surface area (Å²) < 4.78 is 32.3. The van der Waals surface area contributed by atoms with Gasteiger partial charge in [-0.2, -0.15) is 4.57 Å². The first-order valence-corrected chi connectivity index (χ1v) is 32.2. The topological polar surface area (TPSA) is 497 Å². The van der Waals surface area contributed by atoms with Crippen LogP contribution in [0.1, 0.15) is 150 Å². The Bertz CT molecular complexity index is 3600. The van der Waals surface area contributed by atoms with E-state index in [-0.39, 0.29) is 94.0 Å². The van der Waals surface area contributed by atoms with E-state index in [9.17, 15) is 54.2 Å². The van der Waals surface area contributed by atoms with E-state index in [4.69, 9.17) is 74.0 Å². The second-order valence-electron chi connectivity index (χ2n) is 27.0. The molecule has 2 fully saturated rings. The molecule has 8 bridgehead atoms. The zero-order chi connectivity index (χ0) is 68.7. The van der Waals surface area contributed by atoms with E-state index < -0.39 is 143 Å². The molecule has 4 amide bonds. The Labute approximate surface area is 551 Å². The molecule has 93 heavy (non-hydrogen) atoms. The Morgan fingerprint density at radius 1 is 0.871 bits per heavy atom. The second kappa shape index (κ2) is 28.5. The van der Waals surface area contributed by atoms with E-state index in [1.54, 1.807) is 38.6 Å². The van der Waals surface area contributed by atoms with Crippen LogP contribution in [0.3, 0.4) is 0 Å². The maximum Gasteiger partial charge on any atom is 3.00 e. The largest absolute Gasteiger partial charge is 3.00 e. The van der Waals surface area contributed by atoms with Gasteiger partial charge in [0.1, 0.15) is 18.3 Å². The van der Waals surface area contributed by atoms with Gasteiger partial charge in [0.25, 0.3) is 0 Å². The quantitative estimate of drug-likeness (QED) is 0.0211. The standard InChI is InChI=1S/C62H90N13O14P.CN.Co/c1-29-20-39-40(21-30(29)2)75(28-70-39)57-52(84)53(41(27-76)87-57)89-90(85,86)88-31(3)26-69-49(83)18-19-59(8)37(22-46(66)80)56-62(11)61(10,25-48(68)82)36(14-17-45(65)79)51(74-62)33(5)55-60(9,24-47(67)81)34(12-15-43(63)77)38(71-55)23-42-58(6,7)35(13-16-44(64)78)50(72-42)32(4)54(59)73-56;1-2;/h20-21,23,28,31,34-37,41,52-53,56-57,76,84H,12-19,22,24-27H2,1-11H3,(H15,63,64,65,66,67,68,69,71,72,73,74,77,78,79,80,81,82,83,85,86);;/q;-1;+3/p-2/t31-,34+,35-,36-,37+,41-,52-,53-,56?,57+,59-,60+,61+,62+;;/m1../s1. The minimum atomic E-state index is -5.07. The van der Waals surface area contributed by atoms with Crippen LogP contribution in [0.4, 0.5) is 0 Å². The third kappa shape index (κ3) is 14.6. The fraction of sp³-hybridized carbons (Fsp3) is 0.619. The summed E-state index contributed by atoms with van der Waals surface area (Å²) in [5.74, 6) is -8.24. The number of ether oxygens (including phenoxy) is 1. The Hall–Kier alpha value is -7.00. The van der Waals surface area contributed by atoms with Gasteiger partial charge in [0.2, 0.25) is 36.2 Å². The molecule has 6 aliphatic rings. The van der Waals surface area contributed by atoms with Crippen molar-refractivity contribution in [1.29, 1.82) is 21.5 Å². The maximum absolute atomic E-state index is 14.4. The van der Waals surface area contributed by atoms with Crippen molar-refractivity contribution < 1.29 is 89.3 Å². The summed E-state index contributed by atoms with van der Waals surface area (Å²) in [5, 5.41) is 96.4. The number of nitrogens with one attached hydrogen (secondary N) is 6. The van der Waals surface area contributed by atoms with Gasteiger partial charge in [-0.15, -0.1) is 0 Å². The normalized spacial score (nSPS) is 31.0. The number of hydrogen-bond donors (Lipinski definition) is 12. The number of fused-ring (bicyclic) bond motifs is 7. The Kier molecular flexibility index (Phi) is 23.0. The van der Waals surface area contributed by atoms with Crippen LogP contribution in [0, 0.1) is 87.2 Å². The molecule has 0 radical (unpaired) electrons. The zero-order valence-electron chi connectivity index (χ0n) is 54.4. The van der Waals surface area contributed by atoms with Crippen LogP contribution in [0.15, 0.2) is 67.8 Å². The fourth-order valence-electron chi connectivity index (χ4n) is 15.5. The molecule has 1 aromatic heterocycles. The Morgan fingerprint density at radius 2 is 1.45 bits per heavy atom. The second-order valence-corrected chi connectivity index (χ2v) is 28.4. The zero-order valence-corrected chi connectivity index (χ0v) is 56.3. The first-order chi connectivity index (χ1) is 42.8. The van der Waals surface area contributed by atoms with E-state index in [1.807, 2.05) is 59.8 Å². The molecule has 2 saturated heterocycles. The first-order valence-electron chi connectivity index (χ1n) is 30.7. The third-order valence-electron chi connectivity index (χ3n) is 20.6. The molecule has 7 heterocycles. The summed E-state index contributed by atoms with van der Waals surface area (Å²) in [6.07, 6.45) is -4.86. The van der Waals surface area contributed by atoms with E-state index in [2.05, 4.69) is 15.6 Å². The van der Waals surface area contributed by atoms with Crippen LogP contribution in [0.25, 0.3) is 11.0 Å². The number of amides is 4. The van der Waals surface area contributed by atoms with Crippen LogP contribution in [-0.2, 0) is 54.3 Å². The van der Waals surface area contributed by atoms with Gasteiger partial charge in [-0.3, -0.25) is 43.2 Å². The smallest absolute Gasteiger partial charge is 0.862 e. The molecule has 0 spiro atoms. The number of primary amides is 3. The number of H-pyrrole nitrogens is 1. The molecule has 6 aliphatic heterocycles. The Morgan fingerprint density at radius 3 is 2.02 bits per heavy atom. The van der Waals surface area contributed by atoms with E-state index in [0.717, 1.165) is 16.6 Å². The number of aromatic amines is 1. The van der Waals surface area contributed by atoms with Gasteiger partial charge in [-0.1, -0.05) is 34.6 Å². The molecule has 0 aliphatic carbocycles. The molecule has 2 aromatic rings. The molecule has 8 rings (SSSR count). The van der Waals surface area contributed by atoms with Crippen molar-refractivity contribution in [2.75, 3.05) is 13.2 Å². The number of phosphoric acid groups is 1. The number of aliphatic hydroxyl groups is 2. The van der Waals surface area contributed by atoms with Crippen LogP contribution >= 0.6 is 7.82 Å². The van der Waals surface area contributed by atoms with Crippen molar-refractivity contribution in [1.82, 2.24) is 15.6 Å². The number of rotatable bonds is 26. The predicted molar refractivity (Wildman–Crippen MR) is 333 cm³/mol. The molecule has 1 aromatic carbocycles. The average Bonchev–Trinajstić information content (AvgIpc) is 1.53. The van der Waals surface area contributed by atoms with E-state index in [1.165, 1.54) is 6.92 Å². The van der Waals surface area contributed by atoms with Crippen LogP contribution in [0.2, 0.25) is 0 Å². The summed E-state index contributed by atoms with van der Waals surface area (Å²) in [5.41, 5.74) is 19.4. The Balaban J connectivity index is 0.00000453. The minimum Gasteiger partial charge on any atom is -0.862 e. The molecule has 0 saturated carbocycles. The molecular weight excluding hydrogens is 1270 g/mol. The number of aromatic nitrogens is 2. The average molecular weight is 1360 g/mol. The summed E-state index contributed by atoms with van der Waals surface area (Å²) in [7, 11) is -5.07. The van der Waals surface area contributed by atoms with Gasteiger partial charge >= 0.3 is 24.6 Å². The van der Waals surface area contributed by atoms with Crippen molar-refractivity contribution in [3.8, 4) is 0 Å². The number of aliphatic hydroxyl groups excluding tert-OH is 2. The van der Waals surface area contributed by atoms with Gasteiger partial charge in [0, 0.05) is 112 Å². The van der Waals surface area contributed by atoms with Crippen LogP contribution in [0.5, 0.6) is 0 Å². The number of nitrogens with two attached hydrogens (primary N) is 3. The van der Waals surface area contributed by atoms with Gasteiger partial charge in [0.05, 0.1) is 24.3 Å². The minimum absolute atomic E-state index is 0. The van der Waals surface area contributed by atoms with Crippen molar-refractivity contribution in [2.45, 2.75) is 189 Å². The maximum atomic E-state index is 14.4. The van der Waals surface area contributed by atoms with Crippen molar-refractivity contribution in [3.05, 3.63) is 70.5 Å². The first kappa shape index (κ1) is 75.0. The number of aryl methyl sites for hydroxylation is 2. The number of allylic oxidation sites excluding steroid dienone is 6. The molecule has 30 heteroatoms. The van der Waals surface area contributed by atoms with Gasteiger partial charge in [0.15, 0.2) is 11.0 Å². The molecule has 15 N–H and O–H groups in total. The van der Waals surface area contributed by atoms with Crippen molar-refractivity contribution in [2.24, 2.45) is 77.5 Å². The van der Waals surface area contributed by atoms with Crippen LogP contribution in [-0.4, -0.2) is 128 Å². The van der Waals surface area contributed by atoms with Gasteiger partial charge in [-0.25, -0.2) is 9.55 Å². The summed E-state index contributed by atoms with van der Waals surface area (Å²) in [4.78, 5) is 86.0. The SMILES string of the molecule is CC1=C2N=C(C=C3NC(=C(C)C4=N[C@@](C)(C5N=C1[C@](C)(CCC(=O)NC[C@@H](C)OP(=O)(O)O[C@H]1[C@@H](O)[C@@H]([n+]6c[nH]c7cc(C)c(C)cc76)O[C@@H]1CO)[C@H]5CC(N)=O)[C@@](C)(CC(N)=O)[C@@H]4CCC(=N)[O-])[C@@](C)(CC(N)=O)[C@H]3CCC(=N)[O-])C(C)(C)[C@@H]2CCC(=N)[O-].[C-]#N.[Co+3]. The molecule has 28 nitrogen and oxygen atoms in total. The van der Waals surface area contributed by atoms with Gasteiger partial charge < -0.3 is 91.1 Å². The third-order valence-corrected chi connectivity index (χ3v) is 21.7. The monoisotopic (exact) mass is 1350 g/mol. The van der Waals surface area contributed by atoms with Crippen LogP contribution < -0.4 is 47.7 Å².